The number of thiophene rings is 2. The van der Waals surface area contributed by atoms with Crippen molar-refractivity contribution in [2.45, 2.75) is 0 Å². The van der Waals surface area contributed by atoms with Gasteiger partial charge >= 0.3 is 0 Å². The first-order valence-electron chi connectivity index (χ1n) is 6.28. The molecule has 4 rings (SSSR count). The molecule has 4 heterocycles. The second kappa shape index (κ2) is 4.91. The Kier molecular flexibility index (Phi) is 2.90. The van der Waals surface area contributed by atoms with E-state index in [1.54, 1.807) is 45.9 Å². The molecule has 0 unspecified atom stereocenters. The third-order valence-electron chi connectivity index (χ3n) is 3.17. The lowest BCUT2D eigenvalue weighted by Gasteiger charge is -1.98. The molecule has 0 fully saturated rings. The largest absolute Gasteiger partial charge is 0.298 e. The average molecular weight is 311 g/mol. The molecule has 4 nitrogen and oxygen atoms in total. The first kappa shape index (κ1) is 12.4. The minimum absolute atomic E-state index is 0.598. The van der Waals surface area contributed by atoms with Crippen LogP contribution in [-0.4, -0.2) is 21.1 Å². The van der Waals surface area contributed by atoms with Gasteiger partial charge in [0.1, 0.15) is 5.69 Å². The second-order valence-corrected chi connectivity index (χ2v) is 6.49. The van der Waals surface area contributed by atoms with Gasteiger partial charge in [-0.2, -0.15) is 5.10 Å². The van der Waals surface area contributed by atoms with E-state index < -0.39 is 0 Å². The lowest BCUT2D eigenvalue weighted by molar-refractivity contribution is 0.112. The Morgan fingerprint density at radius 1 is 1.14 bits per heavy atom. The first-order chi connectivity index (χ1) is 10.3. The van der Waals surface area contributed by atoms with Crippen molar-refractivity contribution in [3.8, 4) is 16.3 Å². The zero-order valence-electron chi connectivity index (χ0n) is 10.8. The minimum atomic E-state index is 0.598. The van der Waals surface area contributed by atoms with Crippen LogP contribution in [0.5, 0.6) is 0 Å². The minimum Gasteiger partial charge on any atom is -0.298 e. The van der Waals surface area contributed by atoms with E-state index in [4.69, 9.17) is 0 Å². The van der Waals surface area contributed by atoms with Crippen LogP contribution in [-0.2, 0) is 0 Å². The Balaban J connectivity index is 1.86. The number of hydrogen-bond donors (Lipinski definition) is 0. The van der Waals surface area contributed by atoms with E-state index in [0.29, 0.717) is 5.56 Å². The van der Waals surface area contributed by atoms with Crippen molar-refractivity contribution in [1.82, 2.24) is 14.8 Å². The summed E-state index contributed by atoms with van der Waals surface area (Å²) < 4.78 is 4.17. The van der Waals surface area contributed by atoms with Crippen LogP contribution >= 0.6 is 22.7 Å². The summed E-state index contributed by atoms with van der Waals surface area (Å²) in [4.78, 5) is 16.4. The Bertz CT molecular complexity index is 892. The summed E-state index contributed by atoms with van der Waals surface area (Å²) in [6.07, 6.45) is 6.02. The van der Waals surface area contributed by atoms with E-state index in [2.05, 4.69) is 27.6 Å². The molecule has 0 amide bonds. The molecule has 0 N–H and O–H groups in total. The van der Waals surface area contributed by atoms with Crippen LogP contribution in [0.2, 0.25) is 0 Å². The summed E-state index contributed by atoms with van der Waals surface area (Å²) in [7, 11) is 0. The van der Waals surface area contributed by atoms with Crippen molar-refractivity contribution in [1.29, 1.82) is 0 Å². The summed E-state index contributed by atoms with van der Waals surface area (Å²) in [6, 6.07) is 7.90. The molecular weight excluding hydrogens is 302 g/mol. The van der Waals surface area contributed by atoms with Gasteiger partial charge in [-0.3, -0.25) is 9.78 Å². The Morgan fingerprint density at radius 3 is 2.76 bits per heavy atom. The van der Waals surface area contributed by atoms with Crippen LogP contribution in [0.15, 0.2) is 48.2 Å². The monoisotopic (exact) mass is 311 g/mol. The Labute approximate surface area is 128 Å². The predicted octanol–water partition coefficient (Wildman–Crippen LogP) is 4.02. The topological polar surface area (TPSA) is 47.8 Å². The fraction of sp³-hybridized carbons (Fsp3) is 0. The third kappa shape index (κ3) is 2.09. The SMILES string of the molecule is O=Cc1cn(-c2ccncc2)nc1-c1cc2sccc2s1. The molecule has 0 saturated carbocycles. The second-order valence-electron chi connectivity index (χ2n) is 4.46. The van der Waals surface area contributed by atoms with Gasteiger partial charge in [0.2, 0.25) is 0 Å². The molecule has 21 heavy (non-hydrogen) atoms. The molecule has 0 aliphatic heterocycles. The van der Waals surface area contributed by atoms with Gasteiger partial charge in [0.15, 0.2) is 6.29 Å². The summed E-state index contributed by atoms with van der Waals surface area (Å²) in [5, 5.41) is 6.64. The molecule has 0 radical (unpaired) electrons. The highest BCUT2D eigenvalue weighted by atomic mass is 32.1. The number of hydrogen-bond acceptors (Lipinski definition) is 5. The number of fused-ring (bicyclic) bond motifs is 1. The van der Waals surface area contributed by atoms with Gasteiger partial charge in [-0.05, 0) is 29.6 Å². The van der Waals surface area contributed by atoms with Crippen LogP contribution < -0.4 is 0 Å². The fourth-order valence-corrected chi connectivity index (χ4v) is 4.29. The molecule has 0 atom stereocenters. The van der Waals surface area contributed by atoms with Gasteiger partial charge < -0.3 is 0 Å². The number of rotatable bonds is 3. The molecular formula is C15H9N3OS2. The summed E-state index contributed by atoms with van der Waals surface area (Å²) >= 11 is 3.36. The van der Waals surface area contributed by atoms with Crippen molar-refractivity contribution < 1.29 is 4.79 Å². The van der Waals surface area contributed by atoms with Crippen molar-refractivity contribution in [2.75, 3.05) is 0 Å². The molecule has 0 bridgehead atoms. The molecule has 4 aromatic rings. The van der Waals surface area contributed by atoms with E-state index in [1.807, 2.05) is 12.1 Å². The highest BCUT2D eigenvalue weighted by Crippen LogP contribution is 2.36. The molecule has 6 heteroatoms. The lowest BCUT2D eigenvalue weighted by Crippen LogP contribution is -1.94. The van der Waals surface area contributed by atoms with Crippen molar-refractivity contribution in [3.63, 3.8) is 0 Å². The van der Waals surface area contributed by atoms with Crippen molar-refractivity contribution in [2.24, 2.45) is 0 Å². The highest BCUT2D eigenvalue weighted by molar-refractivity contribution is 7.28. The summed E-state index contributed by atoms with van der Waals surface area (Å²) in [5.74, 6) is 0. The average Bonchev–Trinajstić information content (AvgIpc) is 3.21. The van der Waals surface area contributed by atoms with E-state index in [1.165, 1.54) is 9.40 Å². The summed E-state index contributed by atoms with van der Waals surface area (Å²) in [5.41, 5.74) is 2.22. The van der Waals surface area contributed by atoms with Gasteiger partial charge in [-0.15, -0.1) is 22.7 Å². The normalized spacial score (nSPS) is 11.0. The number of carbonyl (C=O) groups excluding carboxylic acids is 1. The van der Waals surface area contributed by atoms with Gasteiger partial charge in [0, 0.05) is 28.0 Å². The number of aldehydes is 1. The molecule has 0 aromatic carbocycles. The van der Waals surface area contributed by atoms with Crippen LogP contribution in [0.4, 0.5) is 0 Å². The summed E-state index contributed by atoms with van der Waals surface area (Å²) in [6.45, 7) is 0. The van der Waals surface area contributed by atoms with Crippen LogP contribution in [0.25, 0.3) is 25.7 Å². The molecule has 0 saturated heterocycles. The van der Waals surface area contributed by atoms with Crippen molar-refractivity contribution in [3.05, 3.63) is 53.8 Å². The van der Waals surface area contributed by atoms with Crippen LogP contribution in [0.3, 0.4) is 0 Å². The predicted molar refractivity (Wildman–Crippen MR) is 85.4 cm³/mol. The molecule has 4 aromatic heterocycles. The van der Waals surface area contributed by atoms with Gasteiger partial charge in [0.05, 0.1) is 16.1 Å². The van der Waals surface area contributed by atoms with Crippen LogP contribution in [0, 0.1) is 0 Å². The zero-order chi connectivity index (χ0) is 14.2. The maximum atomic E-state index is 11.3. The fourth-order valence-electron chi connectivity index (χ4n) is 2.18. The lowest BCUT2D eigenvalue weighted by atomic mass is 10.2. The van der Waals surface area contributed by atoms with E-state index in [-0.39, 0.29) is 0 Å². The van der Waals surface area contributed by atoms with E-state index >= 15 is 0 Å². The standard InChI is InChI=1S/C15H9N3OS2/c19-9-10-8-18(11-1-4-16-5-2-11)17-15(10)14-7-13-12(21-14)3-6-20-13/h1-9H. The van der Waals surface area contributed by atoms with Gasteiger partial charge in [-0.25, -0.2) is 4.68 Å². The van der Waals surface area contributed by atoms with Gasteiger partial charge in [0.25, 0.3) is 0 Å². The Hall–Kier alpha value is -2.31. The first-order valence-corrected chi connectivity index (χ1v) is 7.97. The van der Waals surface area contributed by atoms with E-state index in [9.17, 15) is 4.79 Å². The van der Waals surface area contributed by atoms with Crippen molar-refractivity contribution >= 4 is 38.4 Å². The number of pyridine rings is 1. The Morgan fingerprint density at radius 2 is 2.00 bits per heavy atom. The molecule has 102 valence electrons. The molecule has 0 aliphatic rings. The highest BCUT2D eigenvalue weighted by Gasteiger charge is 2.14. The van der Waals surface area contributed by atoms with Crippen LogP contribution in [0.1, 0.15) is 10.4 Å². The number of nitrogens with zero attached hydrogens (tertiary/aromatic N) is 3. The van der Waals surface area contributed by atoms with E-state index in [0.717, 1.165) is 22.5 Å². The van der Waals surface area contributed by atoms with Gasteiger partial charge in [-0.1, -0.05) is 0 Å². The quantitative estimate of drug-likeness (QED) is 0.537. The third-order valence-corrected chi connectivity index (χ3v) is 5.27. The zero-order valence-corrected chi connectivity index (χ0v) is 12.4. The smallest absolute Gasteiger partial charge is 0.153 e. The number of carbonyl (C=O) groups is 1. The maximum Gasteiger partial charge on any atom is 0.153 e. The number of aromatic nitrogens is 3. The molecule has 0 aliphatic carbocycles. The maximum absolute atomic E-state index is 11.3. The molecule has 0 spiro atoms.